The van der Waals surface area contributed by atoms with Crippen molar-refractivity contribution in [1.29, 1.82) is 0 Å². The first-order valence-electron chi connectivity index (χ1n) is 6.58. The SMILES string of the molecule is CCNC(CC(C)CC)c1ccc(SC)cc1. The maximum atomic E-state index is 3.59. The summed E-state index contributed by atoms with van der Waals surface area (Å²) in [4.78, 5) is 1.34. The van der Waals surface area contributed by atoms with Crippen molar-refractivity contribution in [2.24, 2.45) is 5.92 Å². The molecule has 0 saturated heterocycles. The summed E-state index contributed by atoms with van der Waals surface area (Å²) in [6.45, 7) is 7.82. The molecule has 0 amide bonds. The molecule has 1 aromatic rings. The van der Waals surface area contributed by atoms with Crippen LogP contribution in [0.25, 0.3) is 0 Å². The van der Waals surface area contributed by atoms with Crippen LogP contribution in [0.4, 0.5) is 0 Å². The first-order chi connectivity index (χ1) is 8.21. The minimum Gasteiger partial charge on any atom is -0.310 e. The molecule has 1 N–H and O–H groups in total. The normalized spacial score (nSPS) is 14.6. The fourth-order valence-corrected chi connectivity index (χ4v) is 2.40. The van der Waals surface area contributed by atoms with Gasteiger partial charge >= 0.3 is 0 Å². The van der Waals surface area contributed by atoms with E-state index in [0.29, 0.717) is 6.04 Å². The summed E-state index contributed by atoms with van der Waals surface area (Å²) >= 11 is 1.80. The van der Waals surface area contributed by atoms with E-state index in [9.17, 15) is 0 Å². The molecule has 96 valence electrons. The van der Waals surface area contributed by atoms with Gasteiger partial charge in [-0.25, -0.2) is 0 Å². The van der Waals surface area contributed by atoms with Gasteiger partial charge in [0.2, 0.25) is 0 Å². The highest BCUT2D eigenvalue weighted by Crippen LogP contribution is 2.25. The Kier molecular flexibility index (Phi) is 6.68. The molecule has 17 heavy (non-hydrogen) atoms. The van der Waals surface area contributed by atoms with E-state index in [2.05, 4.69) is 56.6 Å². The van der Waals surface area contributed by atoms with Crippen molar-refractivity contribution in [1.82, 2.24) is 5.32 Å². The molecule has 0 aliphatic rings. The summed E-state index contributed by atoms with van der Waals surface area (Å²) in [5.74, 6) is 0.777. The topological polar surface area (TPSA) is 12.0 Å². The molecular weight excluding hydrogens is 226 g/mol. The summed E-state index contributed by atoms with van der Waals surface area (Å²) in [5, 5.41) is 3.59. The van der Waals surface area contributed by atoms with Crippen molar-refractivity contribution < 1.29 is 0 Å². The molecule has 0 heterocycles. The van der Waals surface area contributed by atoms with E-state index in [4.69, 9.17) is 0 Å². The Morgan fingerprint density at radius 2 is 1.82 bits per heavy atom. The average Bonchev–Trinajstić information content (AvgIpc) is 2.38. The zero-order chi connectivity index (χ0) is 12.7. The van der Waals surface area contributed by atoms with E-state index >= 15 is 0 Å². The summed E-state index contributed by atoms with van der Waals surface area (Å²) in [7, 11) is 0. The lowest BCUT2D eigenvalue weighted by Crippen LogP contribution is -2.22. The molecule has 0 saturated carbocycles. The van der Waals surface area contributed by atoms with Crippen molar-refractivity contribution in [3.8, 4) is 0 Å². The van der Waals surface area contributed by atoms with E-state index < -0.39 is 0 Å². The fourth-order valence-electron chi connectivity index (χ4n) is 1.99. The van der Waals surface area contributed by atoms with Crippen molar-refractivity contribution in [2.75, 3.05) is 12.8 Å². The summed E-state index contributed by atoms with van der Waals surface area (Å²) in [6, 6.07) is 9.48. The first-order valence-corrected chi connectivity index (χ1v) is 7.81. The van der Waals surface area contributed by atoms with Gasteiger partial charge in [0, 0.05) is 10.9 Å². The van der Waals surface area contributed by atoms with Gasteiger partial charge in [-0.3, -0.25) is 0 Å². The Morgan fingerprint density at radius 3 is 2.29 bits per heavy atom. The molecule has 2 unspecified atom stereocenters. The summed E-state index contributed by atoms with van der Waals surface area (Å²) in [6.07, 6.45) is 4.60. The van der Waals surface area contributed by atoms with Crippen LogP contribution in [-0.4, -0.2) is 12.8 Å². The lowest BCUT2D eigenvalue weighted by Gasteiger charge is -2.21. The van der Waals surface area contributed by atoms with Crippen LogP contribution >= 0.6 is 11.8 Å². The van der Waals surface area contributed by atoms with Crippen LogP contribution in [-0.2, 0) is 0 Å². The van der Waals surface area contributed by atoms with Crippen LogP contribution in [0.5, 0.6) is 0 Å². The largest absolute Gasteiger partial charge is 0.310 e. The van der Waals surface area contributed by atoms with Crippen LogP contribution in [0.15, 0.2) is 29.2 Å². The Morgan fingerprint density at radius 1 is 1.18 bits per heavy atom. The molecule has 1 nitrogen and oxygen atoms in total. The molecule has 2 heteroatoms. The zero-order valence-electron chi connectivity index (χ0n) is 11.5. The van der Waals surface area contributed by atoms with Gasteiger partial charge < -0.3 is 5.32 Å². The van der Waals surface area contributed by atoms with Gasteiger partial charge in [-0.2, -0.15) is 0 Å². The predicted octanol–water partition coefficient (Wildman–Crippen LogP) is 4.50. The Hall–Kier alpha value is -0.470. The zero-order valence-corrected chi connectivity index (χ0v) is 12.3. The third kappa shape index (κ3) is 4.72. The highest BCUT2D eigenvalue weighted by molar-refractivity contribution is 7.98. The lowest BCUT2D eigenvalue weighted by atomic mass is 9.94. The molecule has 0 bridgehead atoms. The van der Waals surface area contributed by atoms with Crippen LogP contribution in [0.3, 0.4) is 0 Å². The van der Waals surface area contributed by atoms with Gasteiger partial charge in [0.15, 0.2) is 0 Å². The van der Waals surface area contributed by atoms with E-state index in [1.165, 1.54) is 23.3 Å². The maximum absolute atomic E-state index is 3.59. The van der Waals surface area contributed by atoms with Gasteiger partial charge in [0.25, 0.3) is 0 Å². The molecule has 0 aliphatic carbocycles. The highest BCUT2D eigenvalue weighted by Gasteiger charge is 2.13. The highest BCUT2D eigenvalue weighted by atomic mass is 32.2. The molecule has 0 radical (unpaired) electrons. The number of nitrogens with one attached hydrogen (secondary N) is 1. The van der Waals surface area contributed by atoms with E-state index in [0.717, 1.165) is 12.5 Å². The van der Waals surface area contributed by atoms with Crippen LogP contribution in [0.2, 0.25) is 0 Å². The molecule has 1 rings (SSSR count). The number of thioether (sulfide) groups is 1. The molecule has 0 aromatic heterocycles. The second-order valence-corrected chi connectivity index (χ2v) is 5.51. The van der Waals surface area contributed by atoms with Crippen molar-refractivity contribution >= 4 is 11.8 Å². The molecular formula is C15H25NS. The second-order valence-electron chi connectivity index (χ2n) is 4.63. The minimum atomic E-state index is 0.505. The Balaban J connectivity index is 2.73. The minimum absolute atomic E-state index is 0.505. The summed E-state index contributed by atoms with van der Waals surface area (Å²) in [5.41, 5.74) is 1.42. The third-order valence-corrected chi connectivity index (χ3v) is 4.05. The van der Waals surface area contributed by atoms with Crippen LogP contribution in [0.1, 0.15) is 45.2 Å². The van der Waals surface area contributed by atoms with E-state index in [1.54, 1.807) is 11.8 Å². The number of hydrogen-bond acceptors (Lipinski definition) is 2. The predicted molar refractivity (Wildman–Crippen MR) is 78.7 cm³/mol. The second kappa shape index (κ2) is 7.78. The van der Waals surface area contributed by atoms with Crippen LogP contribution in [0, 0.1) is 5.92 Å². The van der Waals surface area contributed by atoms with Gasteiger partial charge in [-0.05, 0) is 42.8 Å². The molecule has 0 spiro atoms. The third-order valence-electron chi connectivity index (χ3n) is 3.30. The smallest absolute Gasteiger partial charge is 0.0322 e. The summed E-state index contributed by atoms with van der Waals surface area (Å²) < 4.78 is 0. The number of rotatable bonds is 7. The van der Waals surface area contributed by atoms with E-state index in [1.807, 2.05) is 0 Å². The van der Waals surface area contributed by atoms with E-state index in [-0.39, 0.29) is 0 Å². The first kappa shape index (κ1) is 14.6. The molecule has 0 aliphatic heterocycles. The van der Waals surface area contributed by atoms with Gasteiger partial charge in [-0.1, -0.05) is 39.3 Å². The van der Waals surface area contributed by atoms with Gasteiger partial charge in [0.05, 0.1) is 0 Å². The molecule has 2 atom stereocenters. The average molecular weight is 251 g/mol. The van der Waals surface area contributed by atoms with Crippen molar-refractivity contribution in [2.45, 2.75) is 44.6 Å². The maximum Gasteiger partial charge on any atom is 0.0322 e. The lowest BCUT2D eigenvalue weighted by molar-refractivity contribution is 0.408. The Labute approximate surface area is 110 Å². The van der Waals surface area contributed by atoms with Gasteiger partial charge in [0.1, 0.15) is 0 Å². The van der Waals surface area contributed by atoms with Crippen molar-refractivity contribution in [3.05, 3.63) is 29.8 Å². The van der Waals surface area contributed by atoms with Crippen LogP contribution < -0.4 is 5.32 Å². The Bertz CT molecular complexity index is 307. The standard InChI is InChI=1S/C15H25NS/c1-5-12(3)11-15(16-6-2)13-7-9-14(17-4)10-8-13/h7-10,12,15-16H,5-6,11H2,1-4H3. The fraction of sp³-hybridized carbons (Fsp3) is 0.600. The quantitative estimate of drug-likeness (QED) is 0.716. The number of benzene rings is 1. The van der Waals surface area contributed by atoms with Crippen molar-refractivity contribution in [3.63, 3.8) is 0 Å². The molecule has 0 fully saturated rings. The molecule has 1 aromatic carbocycles. The number of hydrogen-bond donors (Lipinski definition) is 1. The van der Waals surface area contributed by atoms with Gasteiger partial charge in [-0.15, -0.1) is 11.8 Å². The monoisotopic (exact) mass is 251 g/mol.